The molecule has 21 heavy (non-hydrogen) atoms. The van der Waals surface area contributed by atoms with E-state index in [0.717, 1.165) is 43.7 Å². The average Bonchev–Trinajstić information content (AvgIpc) is 2.86. The minimum absolute atomic E-state index is 0.0831. The molecule has 6 heteroatoms. The van der Waals surface area contributed by atoms with Crippen LogP contribution in [-0.2, 0) is 6.54 Å². The number of carbonyl (C=O) groups is 1. The number of nitrogens with zero attached hydrogens (tertiary/aromatic N) is 2. The Bertz CT molecular complexity index is 536. The average molecular weight is 353 g/mol. The van der Waals surface area contributed by atoms with E-state index in [1.54, 1.807) is 0 Å². The molecule has 2 heterocycles. The van der Waals surface area contributed by atoms with Crippen LogP contribution in [0.2, 0.25) is 0 Å². The van der Waals surface area contributed by atoms with Gasteiger partial charge in [-0.15, -0.1) is 0 Å². The van der Waals surface area contributed by atoms with Crippen molar-refractivity contribution in [1.82, 2.24) is 15.5 Å². The number of halogens is 1. The van der Waals surface area contributed by atoms with E-state index in [9.17, 15) is 4.79 Å². The first-order chi connectivity index (χ1) is 10.2. The van der Waals surface area contributed by atoms with E-state index in [0.29, 0.717) is 6.04 Å². The molecular weight excluding hydrogens is 332 g/mol. The number of hydrogen-bond acceptors (Lipinski definition) is 3. The number of anilines is 1. The fourth-order valence-electron chi connectivity index (χ4n) is 3.01. The fraction of sp³-hybridized carbons (Fsp3) is 0.533. The summed E-state index contributed by atoms with van der Waals surface area (Å²) in [5.74, 6) is 0. The molecule has 0 aliphatic carbocycles. The van der Waals surface area contributed by atoms with Crippen molar-refractivity contribution >= 4 is 27.6 Å². The van der Waals surface area contributed by atoms with Crippen molar-refractivity contribution in [2.75, 3.05) is 37.6 Å². The highest BCUT2D eigenvalue weighted by molar-refractivity contribution is 9.10. The molecule has 1 aromatic carbocycles. The molecule has 1 aromatic rings. The summed E-state index contributed by atoms with van der Waals surface area (Å²) in [4.78, 5) is 16.0. The molecule has 114 valence electrons. The van der Waals surface area contributed by atoms with Crippen LogP contribution in [0.15, 0.2) is 22.7 Å². The SMILES string of the molecule is CCNCc1ccc(N2CCN3C(=O)NCC3C2)c(Br)c1. The number of urea groups is 1. The van der Waals surface area contributed by atoms with E-state index >= 15 is 0 Å². The Kier molecular flexibility index (Phi) is 4.35. The Morgan fingerprint density at radius 1 is 1.43 bits per heavy atom. The van der Waals surface area contributed by atoms with Crippen molar-refractivity contribution in [2.45, 2.75) is 19.5 Å². The van der Waals surface area contributed by atoms with Gasteiger partial charge in [0, 0.05) is 37.2 Å². The van der Waals surface area contributed by atoms with Crippen LogP contribution in [0, 0.1) is 0 Å². The van der Waals surface area contributed by atoms with E-state index in [2.05, 4.69) is 56.6 Å². The maximum atomic E-state index is 11.6. The molecule has 0 saturated carbocycles. The zero-order valence-electron chi connectivity index (χ0n) is 12.2. The maximum Gasteiger partial charge on any atom is 0.317 e. The predicted molar refractivity (Wildman–Crippen MR) is 87.6 cm³/mol. The largest absolute Gasteiger partial charge is 0.367 e. The molecule has 0 radical (unpaired) electrons. The predicted octanol–water partition coefficient (Wildman–Crippen LogP) is 1.77. The van der Waals surface area contributed by atoms with Gasteiger partial charge in [0.25, 0.3) is 0 Å². The molecule has 0 aromatic heterocycles. The first kappa shape index (κ1) is 14.7. The second-order valence-corrected chi connectivity index (χ2v) is 6.40. The van der Waals surface area contributed by atoms with Crippen molar-refractivity contribution in [1.29, 1.82) is 0 Å². The Labute approximate surface area is 133 Å². The Balaban J connectivity index is 1.71. The summed E-state index contributed by atoms with van der Waals surface area (Å²) in [7, 11) is 0. The Morgan fingerprint density at radius 3 is 3.05 bits per heavy atom. The van der Waals surface area contributed by atoms with Crippen LogP contribution in [0.5, 0.6) is 0 Å². The van der Waals surface area contributed by atoms with Crippen molar-refractivity contribution < 1.29 is 4.79 Å². The molecule has 2 aliphatic rings. The van der Waals surface area contributed by atoms with Crippen LogP contribution in [0.4, 0.5) is 10.5 Å². The zero-order valence-corrected chi connectivity index (χ0v) is 13.8. The molecule has 2 N–H and O–H groups in total. The molecule has 0 spiro atoms. The van der Waals surface area contributed by atoms with Crippen LogP contribution in [-0.4, -0.2) is 49.7 Å². The third kappa shape index (κ3) is 3.01. The van der Waals surface area contributed by atoms with Gasteiger partial charge < -0.3 is 20.4 Å². The van der Waals surface area contributed by atoms with Gasteiger partial charge in [0.2, 0.25) is 0 Å². The van der Waals surface area contributed by atoms with E-state index < -0.39 is 0 Å². The number of fused-ring (bicyclic) bond motifs is 1. The number of piperazine rings is 1. The fourth-order valence-corrected chi connectivity index (χ4v) is 3.69. The second kappa shape index (κ2) is 6.23. The first-order valence-corrected chi connectivity index (χ1v) is 8.27. The molecular formula is C15H21BrN4O. The lowest BCUT2D eigenvalue weighted by molar-refractivity contribution is 0.197. The lowest BCUT2D eigenvalue weighted by Crippen LogP contribution is -2.52. The van der Waals surface area contributed by atoms with E-state index in [1.165, 1.54) is 11.3 Å². The quantitative estimate of drug-likeness (QED) is 0.868. The minimum Gasteiger partial charge on any atom is -0.367 e. The number of benzene rings is 1. The molecule has 1 atom stereocenters. The van der Waals surface area contributed by atoms with Crippen molar-refractivity contribution in [3.63, 3.8) is 0 Å². The standard InChI is InChI=1S/C15H21BrN4O/c1-2-17-8-11-3-4-14(13(16)7-11)19-5-6-20-12(10-19)9-18-15(20)21/h3-4,7,12,17H,2,5-6,8-10H2,1H3,(H,18,21). The third-order valence-corrected chi connectivity index (χ3v) is 4.80. The summed E-state index contributed by atoms with van der Waals surface area (Å²) >= 11 is 3.69. The van der Waals surface area contributed by atoms with Gasteiger partial charge in [-0.3, -0.25) is 0 Å². The molecule has 2 fully saturated rings. The van der Waals surface area contributed by atoms with E-state index in [4.69, 9.17) is 0 Å². The van der Waals surface area contributed by atoms with Crippen molar-refractivity contribution in [3.05, 3.63) is 28.2 Å². The molecule has 1 unspecified atom stereocenters. The molecule has 5 nitrogen and oxygen atoms in total. The summed E-state index contributed by atoms with van der Waals surface area (Å²) in [5, 5.41) is 6.26. The van der Waals surface area contributed by atoms with Gasteiger partial charge in [0.05, 0.1) is 11.7 Å². The summed E-state index contributed by atoms with van der Waals surface area (Å²) in [6.07, 6.45) is 0. The van der Waals surface area contributed by atoms with Crippen molar-refractivity contribution in [3.8, 4) is 0 Å². The van der Waals surface area contributed by atoms with Crippen LogP contribution in [0.3, 0.4) is 0 Å². The van der Waals surface area contributed by atoms with Crippen LogP contribution in [0.1, 0.15) is 12.5 Å². The highest BCUT2D eigenvalue weighted by atomic mass is 79.9. The van der Waals surface area contributed by atoms with Gasteiger partial charge in [-0.1, -0.05) is 13.0 Å². The Hall–Kier alpha value is -1.27. The highest BCUT2D eigenvalue weighted by Gasteiger charge is 2.35. The summed E-state index contributed by atoms with van der Waals surface area (Å²) in [6, 6.07) is 6.91. The van der Waals surface area contributed by atoms with Gasteiger partial charge >= 0.3 is 6.03 Å². The highest BCUT2D eigenvalue weighted by Crippen LogP contribution is 2.29. The topological polar surface area (TPSA) is 47.6 Å². The molecule has 2 aliphatic heterocycles. The number of carbonyl (C=O) groups excluding carboxylic acids is 1. The number of amides is 2. The lowest BCUT2D eigenvalue weighted by atomic mass is 10.1. The summed E-state index contributed by atoms with van der Waals surface area (Å²) in [5.41, 5.74) is 2.50. The van der Waals surface area contributed by atoms with Crippen LogP contribution < -0.4 is 15.5 Å². The summed E-state index contributed by atoms with van der Waals surface area (Å²) in [6.45, 7) is 7.31. The van der Waals surface area contributed by atoms with Crippen LogP contribution >= 0.6 is 15.9 Å². The third-order valence-electron chi connectivity index (χ3n) is 4.16. The second-order valence-electron chi connectivity index (χ2n) is 5.55. The number of hydrogen-bond donors (Lipinski definition) is 2. The molecule has 0 bridgehead atoms. The summed E-state index contributed by atoms with van der Waals surface area (Å²) < 4.78 is 1.13. The van der Waals surface area contributed by atoms with E-state index in [1.807, 2.05) is 4.90 Å². The van der Waals surface area contributed by atoms with Gasteiger partial charge in [-0.25, -0.2) is 4.79 Å². The first-order valence-electron chi connectivity index (χ1n) is 7.47. The molecule has 2 amide bonds. The lowest BCUT2D eigenvalue weighted by Gasteiger charge is -2.38. The van der Waals surface area contributed by atoms with Gasteiger partial charge in [-0.2, -0.15) is 0 Å². The normalized spacial score (nSPS) is 21.4. The van der Waals surface area contributed by atoms with E-state index in [-0.39, 0.29) is 6.03 Å². The Morgan fingerprint density at radius 2 is 2.29 bits per heavy atom. The maximum absolute atomic E-state index is 11.6. The van der Waals surface area contributed by atoms with Gasteiger partial charge in [0.1, 0.15) is 0 Å². The van der Waals surface area contributed by atoms with Crippen molar-refractivity contribution in [2.24, 2.45) is 0 Å². The number of rotatable bonds is 4. The molecule has 2 saturated heterocycles. The van der Waals surface area contributed by atoms with Gasteiger partial charge in [0.15, 0.2) is 0 Å². The monoisotopic (exact) mass is 352 g/mol. The van der Waals surface area contributed by atoms with Gasteiger partial charge in [-0.05, 0) is 40.2 Å². The zero-order chi connectivity index (χ0) is 14.8. The number of nitrogens with one attached hydrogen (secondary N) is 2. The smallest absolute Gasteiger partial charge is 0.317 e. The minimum atomic E-state index is 0.0831. The molecule has 3 rings (SSSR count). The van der Waals surface area contributed by atoms with Crippen LogP contribution in [0.25, 0.3) is 0 Å².